The largest absolute Gasteiger partial charge is 0.343 e. The normalized spacial score (nSPS) is 20.8. The number of unbranched alkanes of at least 4 members (excludes halogenated alkanes) is 1. The van der Waals surface area contributed by atoms with Crippen LogP contribution in [0.15, 0.2) is 30.3 Å². The molecule has 0 aliphatic carbocycles. The highest BCUT2D eigenvalue weighted by Crippen LogP contribution is 2.47. The van der Waals surface area contributed by atoms with E-state index in [2.05, 4.69) is 16.1 Å². The molecule has 2 aliphatic rings. The SMILES string of the molecule is CCCC[C@H](NC(=O)[C@@H]1CCCN1C(=O)CCP(=O)(O)C(Cc1ccccc1)NC(=O)[C@@H]1CCCN1C(=O)CN)C(=O)NN. The van der Waals surface area contributed by atoms with Gasteiger partial charge in [-0.15, -0.1) is 0 Å². The van der Waals surface area contributed by atoms with Crippen LogP contribution in [-0.4, -0.2) is 93.9 Å². The van der Waals surface area contributed by atoms with Gasteiger partial charge in [-0.2, -0.15) is 0 Å². The number of likely N-dealkylation sites (tertiary alicyclic amines) is 2. The van der Waals surface area contributed by atoms with Crippen molar-refractivity contribution in [1.82, 2.24) is 25.9 Å². The molecule has 1 aromatic carbocycles. The van der Waals surface area contributed by atoms with Crippen molar-refractivity contribution in [2.24, 2.45) is 11.6 Å². The highest BCUT2D eigenvalue weighted by molar-refractivity contribution is 7.58. The molecule has 2 saturated heterocycles. The van der Waals surface area contributed by atoms with Gasteiger partial charge in [0.2, 0.25) is 31.0 Å². The van der Waals surface area contributed by atoms with E-state index in [-0.39, 0.29) is 25.3 Å². The predicted molar refractivity (Wildman–Crippen MR) is 164 cm³/mol. The predicted octanol–water partition coefficient (Wildman–Crippen LogP) is -0.0625. The van der Waals surface area contributed by atoms with Gasteiger partial charge in [0.15, 0.2) is 0 Å². The van der Waals surface area contributed by atoms with Crippen LogP contribution in [0.3, 0.4) is 0 Å². The van der Waals surface area contributed by atoms with Gasteiger partial charge in [0.25, 0.3) is 5.91 Å². The minimum Gasteiger partial charge on any atom is -0.343 e. The molecular formula is C29H46N7O7P. The van der Waals surface area contributed by atoms with E-state index in [9.17, 15) is 33.4 Å². The van der Waals surface area contributed by atoms with Crippen LogP contribution in [0.25, 0.3) is 0 Å². The standard InChI is InChI=1S/C29H46N7O7P/c1-2-3-11-21(27(39)34-31)32-28(40)22-12-7-15-35(22)25(37)14-17-44(42,43)24(18-20-9-5-4-6-10-20)33-29(41)23-13-8-16-36(23)26(38)19-30/h4-6,9-10,21-24H,2-3,7-8,11-19,30-31H2,1H3,(H,32,40)(H,33,41)(H,34,39)(H,42,43)/t21-,22-,23-,24?/m0/s1. The Morgan fingerprint density at radius 3 is 2.14 bits per heavy atom. The fourth-order valence-corrected chi connectivity index (χ4v) is 7.43. The number of nitrogens with zero attached hydrogens (tertiary/aromatic N) is 2. The smallest absolute Gasteiger partial charge is 0.256 e. The zero-order valence-corrected chi connectivity index (χ0v) is 26.2. The maximum atomic E-state index is 13.8. The first-order valence-electron chi connectivity index (χ1n) is 15.3. The molecule has 1 aromatic rings. The van der Waals surface area contributed by atoms with Crippen LogP contribution >= 0.6 is 7.37 Å². The molecule has 5 amide bonds. The molecule has 244 valence electrons. The summed E-state index contributed by atoms with van der Waals surface area (Å²) in [6, 6.07) is 6.47. The lowest BCUT2D eigenvalue weighted by Gasteiger charge is -2.29. The quantitative estimate of drug-likeness (QED) is 0.0657. The van der Waals surface area contributed by atoms with Crippen molar-refractivity contribution in [2.75, 3.05) is 25.8 Å². The van der Waals surface area contributed by atoms with Crippen LogP contribution < -0.4 is 27.6 Å². The number of hydrogen-bond donors (Lipinski definition) is 6. The third-order valence-corrected chi connectivity index (χ3v) is 10.4. The number of carbonyl (C=O) groups is 5. The minimum absolute atomic E-state index is 0.0448. The Morgan fingerprint density at radius 2 is 1.57 bits per heavy atom. The number of hydrazine groups is 1. The van der Waals surface area contributed by atoms with Crippen LogP contribution in [0.2, 0.25) is 0 Å². The topological polar surface area (TPSA) is 217 Å². The molecule has 5 atom stereocenters. The molecule has 0 bridgehead atoms. The summed E-state index contributed by atoms with van der Waals surface area (Å²) < 4.78 is 13.8. The van der Waals surface area contributed by atoms with E-state index in [4.69, 9.17) is 11.6 Å². The zero-order chi connectivity index (χ0) is 32.3. The summed E-state index contributed by atoms with van der Waals surface area (Å²) in [7, 11) is -4.18. The summed E-state index contributed by atoms with van der Waals surface area (Å²) in [4.78, 5) is 78.1. The molecule has 2 heterocycles. The van der Waals surface area contributed by atoms with Gasteiger partial charge in [-0.25, -0.2) is 5.84 Å². The monoisotopic (exact) mass is 635 g/mol. The van der Waals surface area contributed by atoms with Crippen molar-refractivity contribution in [3.63, 3.8) is 0 Å². The molecule has 2 aliphatic heterocycles. The Kier molecular flexibility index (Phi) is 13.3. The van der Waals surface area contributed by atoms with Crippen LogP contribution in [0.1, 0.15) is 63.9 Å². The minimum atomic E-state index is -4.18. The van der Waals surface area contributed by atoms with Gasteiger partial charge in [0.1, 0.15) is 23.9 Å². The van der Waals surface area contributed by atoms with Gasteiger partial charge in [0.05, 0.1) is 6.54 Å². The maximum Gasteiger partial charge on any atom is 0.256 e. The third kappa shape index (κ3) is 9.34. The van der Waals surface area contributed by atoms with E-state index in [1.54, 1.807) is 30.3 Å². The Morgan fingerprint density at radius 1 is 0.977 bits per heavy atom. The fraction of sp³-hybridized carbons (Fsp3) is 0.621. The van der Waals surface area contributed by atoms with Crippen molar-refractivity contribution < 1.29 is 33.4 Å². The number of rotatable bonds is 15. The molecule has 8 N–H and O–H groups in total. The van der Waals surface area contributed by atoms with E-state index in [1.807, 2.05) is 6.92 Å². The Hall–Kier alpha value is -3.32. The van der Waals surface area contributed by atoms with Crippen LogP contribution in [0, 0.1) is 0 Å². The van der Waals surface area contributed by atoms with E-state index in [1.165, 1.54) is 9.80 Å². The van der Waals surface area contributed by atoms with Gasteiger partial charge in [-0.1, -0.05) is 50.1 Å². The average molecular weight is 636 g/mol. The van der Waals surface area contributed by atoms with Gasteiger partial charge >= 0.3 is 0 Å². The molecule has 2 fully saturated rings. The number of benzene rings is 1. The molecule has 2 unspecified atom stereocenters. The fourth-order valence-electron chi connectivity index (χ4n) is 5.79. The second-order valence-corrected chi connectivity index (χ2v) is 13.9. The summed E-state index contributed by atoms with van der Waals surface area (Å²) in [6.07, 6.45) is 3.20. The molecule has 14 nitrogen and oxygen atoms in total. The van der Waals surface area contributed by atoms with Crippen molar-refractivity contribution in [3.8, 4) is 0 Å². The van der Waals surface area contributed by atoms with Crippen molar-refractivity contribution >= 4 is 36.9 Å². The molecule has 0 spiro atoms. The van der Waals surface area contributed by atoms with Crippen molar-refractivity contribution in [3.05, 3.63) is 35.9 Å². The highest BCUT2D eigenvalue weighted by Gasteiger charge is 2.40. The van der Waals surface area contributed by atoms with E-state index in [0.717, 1.165) is 12.0 Å². The third-order valence-electron chi connectivity index (χ3n) is 8.26. The van der Waals surface area contributed by atoms with Crippen LogP contribution in [-0.2, 0) is 35.0 Å². The first-order valence-corrected chi connectivity index (χ1v) is 17.2. The summed E-state index contributed by atoms with van der Waals surface area (Å²) in [5.74, 6) is 1.70. The van der Waals surface area contributed by atoms with E-state index in [0.29, 0.717) is 51.6 Å². The second kappa shape index (κ2) is 16.7. The van der Waals surface area contributed by atoms with Crippen LogP contribution in [0.4, 0.5) is 0 Å². The maximum absolute atomic E-state index is 13.8. The Labute approximate surface area is 258 Å². The van der Waals surface area contributed by atoms with Crippen molar-refractivity contribution in [2.45, 2.75) is 88.6 Å². The van der Waals surface area contributed by atoms with Gasteiger partial charge in [-0.3, -0.25) is 34.0 Å². The Bertz CT molecular complexity index is 1220. The first-order chi connectivity index (χ1) is 21.0. The molecule has 3 rings (SSSR count). The molecule has 44 heavy (non-hydrogen) atoms. The lowest BCUT2D eigenvalue weighted by atomic mass is 10.1. The summed E-state index contributed by atoms with van der Waals surface area (Å²) in [5, 5.41) is 5.41. The summed E-state index contributed by atoms with van der Waals surface area (Å²) in [5.41, 5.74) is 8.29. The highest BCUT2D eigenvalue weighted by atomic mass is 31.2. The lowest BCUT2D eigenvalue weighted by Crippen LogP contribution is -2.54. The van der Waals surface area contributed by atoms with Gasteiger partial charge < -0.3 is 31.1 Å². The number of nitrogens with two attached hydrogens (primary N) is 2. The molecule has 0 radical (unpaired) electrons. The van der Waals surface area contributed by atoms with Gasteiger partial charge in [0, 0.05) is 32.1 Å². The second-order valence-electron chi connectivity index (χ2n) is 11.3. The number of nitrogens with one attached hydrogen (secondary N) is 3. The number of amides is 5. The van der Waals surface area contributed by atoms with Crippen LogP contribution in [0.5, 0.6) is 0 Å². The molecule has 0 saturated carbocycles. The summed E-state index contributed by atoms with van der Waals surface area (Å²) >= 11 is 0. The zero-order valence-electron chi connectivity index (χ0n) is 25.3. The lowest BCUT2D eigenvalue weighted by molar-refractivity contribution is -0.139. The first kappa shape index (κ1) is 35.2. The Balaban J connectivity index is 1.69. The van der Waals surface area contributed by atoms with Gasteiger partial charge in [-0.05, 0) is 37.7 Å². The van der Waals surface area contributed by atoms with Crippen molar-refractivity contribution in [1.29, 1.82) is 0 Å². The van der Waals surface area contributed by atoms with E-state index >= 15 is 0 Å². The summed E-state index contributed by atoms with van der Waals surface area (Å²) in [6.45, 7) is 2.39. The molecule has 0 aromatic heterocycles. The molecular weight excluding hydrogens is 589 g/mol. The number of hydrogen-bond acceptors (Lipinski definition) is 8. The molecule has 15 heteroatoms. The number of carbonyl (C=O) groups excluding carboxylic acids is 5. The average Bonchev–Trinajstić information content (AvgIpc) is 3.72. The van der Waals surface area contributed by atoms with E-state index < -0.39 is 61.1 Å².